The highest BCUT2D eigenvalue weighted by molar-refractivity contribution is 5.76. The minimum atomic E-state index is -0.175. The number of nitrogens with one attached hydrogen (secondary N) is 1. The van der Waals surface area contributed by atoms with Gasteiger partial charge in [0.1, 0.15) is 0 Å². The summed E-state index contributed by atoms with van der Waals surface area (Å²) in [6.07, 6.45) is 3.76. The average molecular weight is 401 g/mol. The van der Waals surface area contributed by atoms with Crippen LogP contribution < -0.4 is 5.56 Å². The van der Waals surface area contributed by atoms with Crippen molar-refractivity contribution in [1.29, 1.82) is 0 Å². The lowest BCUT2D eigenvalue weighted by Gasteiger charge is -2.34. The molecule has 1 fully saturated rings. The largest absolute Gasteiger partial charge is 0.384 e. The van der Waals surface area contributed by atoms with Crippen LogP contribution in [0.1, 0.15) is 55.6 Å². The van der Waals surface area contributed by atoms with E-state index in [1.54, 1.807) is 18.9 Å². The number of ether oxygens (including phenoxy) is 1. The van der Waals surface area contributed by atoms with Crippen LogP contribution in [-0.2, 0) is 27.3 Å². The Kier molecular flexibility index (Phi) is 5.40. The molecule has 0 radical (unpaired) electrons. The van der Waals surface area contributed by atoms with Gasteiger partial charge in [0, 0.05) is 39.6 Å². The molecule has 0 aliphatic carbocycles. The van der Waals surface area contributed by atoms with Gasteiger partial charge in [-0.25, -0.2) is 9.50 Å². The number of piperidine rings is 1. The number of aromatic nitrogens is 3. The molecule has 2 aliphatic rings. The summed E-state index contributed by atoms with van der Waals surface area (Å²) in [4.78, 5) is 45.7. The summed E-state index contributed by atoms with van der Waals surface area (Å²) < 4.78 is 6.43. The fourth-order valence-corrected chi connectivity index (χ4v) is 4.36. The quantitative estimate of drug-likeness (QED) is 0.824. The molecule has 0 bridgehead atoms. The lowest BCUT2D eigenvalue weighted by molar-refractivity contribution is -0.133. The molecule has 0 aromatic carbocycles. The Labute approximate surface area is 168 Å². The van der Waals surface area contributed by atoms with E-state index < -0.39 is 0 Å². The summed E-state index contributed by atoms with van der Waals surface area (Å²) >= 11 is 0. The number of hydrogen-bond donors (Lipinski definition) is 1. The summed E-state index contributed by atoms with van der Waals surface area (Å²) in [5, 5.41) is 3.17. The predicted molar refractivity (Wildman–Crippen MR) is 105 cm³/mol. The van der Waals surface area contributed by atoms with Crippen LogP contribution in [0.4, 0.5) is 0 Å². The molecule has 0 saturated carbocycles. The maximum atomic E-state index is 13.1. The molecule has 2 amide bonds. The molecule has 2 aromatic heterocycles. The molecule has 0 unspecified atom stereocenters. The third-order valence-electron chi connectivity index (χ3n) is 5.92. The summed E-state index contributed by atoms with van der Waals surface area (Å²) in [6.45, 7) is 3.50. The van der Waals surface area contributed by atoms with Crippen LogP contribution in [-0.4, -0.2) is 63.0 Å². The Morgan fingerprint density at radius 2 is 2.14 bits per heavy atom. The molecule has 2 aliphatic heterocycles. The van der Waals surface area contributed by atoms with Gasteiger partial charge in [0.15, 0.2) is 5.65 Å². The zero-order valence-electron chi connectivity index (χ0n) is 16.9. The molecule has 2 aromatic rings. The molecular formula is C20H27N5O4. The van der Waals surface area contributed by atoms with E-state index in [0.717, 1.165) is 37.2 Å². The maximum absolute atomic E-state index is 13.1. The number of amides is 2. The second kappa shape index (κ2) is 7.98. The number of fused-ring (bicyclic) bond motifs is 2. The van der Waals surface area contributed by atoms with Crippen molar-refractivity contribution in [2.24, 2.45) is 0 Å². The van der Waals surface area contributed by atoms with E-state index in [4.69, 9.17) is 4.74 Å². The normalized spacial score (nSPS) is 19.4. The van der Waals surface area contributed by atoms with Crippen LogP contribution in [0.2, 0.25) is 0 Å². The highest BCUT2D eigenvalue weighted by atomic mass is 16.5. The fourth-order valence-electron chi connectivity index (χ4n) is 4.36. The monoisotopic (exact) mass is 401 g/mol. The topological polar surface area (TPSA) is 100 Å². The zero-order chi connectivity index (χ0) is 20.5. The van der Waals surface area contributed by atoms with Crippen LogP contribution in [0, 0.1) is 0 Å². The molecular weight excluding hydrogens is 374 g/mol. The summed E-state index contributed by atoms with van der Waals surface area (Å²) in [6, 6.07) is 1.82. The minimum Gasteiger partial charge on any atom is -0.384 e. The Bertz CT molecular complexity index is 995. The van der Waals surface area contributed by atoms with Gasteiger partial charge in [0.05, 0.1) is 42.6 Å². The van der Waals surface area contributed by atoms with Gasteiger partial charge in [-0.1, -0.05) is 0 Å². The van der Waals surface area contributed by atoms with Crippen molar-refractivity contribution >= 4 is 17.5 Å². The number of likely N-dealkylation sites (tertiary alicyclic amines) is 1. The number of carbonyl (C=O) groups excluding carboxylic acids is 2. The molecule has 1 atom stereocenters. The molecule has 4 heterocycles. The molecule has 29 heavy (non-hydrogen) atoms. The van der Waals surface area contributed by atoms with Gasteiger partial charge in [0.2, 0.25) is 11.8 Å². The molecule has 1 N–H and O–H groups in total. The second-order valence-corrected chi connectivity index (χ2v) is 7.78. The summed E-state index contributed by atoms with van der Waals surface area (Å²) in [7, 11) is 1.56. The number of nitrogens with zero attached hydrogens (tertiary/aromatic N) is 4. The van der Waals surface area contributed by atoms with Crippen LogP contribution in [0.5, 0.6) is 0 Å². The first-order chi connectivity index (χ1) is 14.0. The molecule has 4 rings (SSSR count). The van der Waals surface area contributed by atoms with Crippen molar-refractivity contribution in [3.63, 3.8) is 0 Å². The smallest absolute Gasteiger partial charge is 0.277 e. The highest BCUT2D eigenvalue weighted by Crippen LogP contribution is 2.30. The van der Waals surface area contributed by atoms with E-state index in [0.29, 0.717) is 37.2 Å². The van der Waals surface area contributed by atoms with E-state index in [-0.39, 0.29) is 30.0 Å². The molecule has 156 valence electrons. The lowest BCUT2D eigenvalue weighted by atomic mass is 9.99. The number of methoxy groups -OCH3 is 1. The molecule has 9 nitrogen and oxygen atoms in total. The van der Waals surface area contributed by atoms with Gasteiger partial charge in [-0.2, -0.15) is 0 Å². The zero-order valence-corrected chi connectivity index (χ0v) is 16.9. The molecule has 0 spiro atoms. The van der Waals surface area contributed by atoms with Gasteiger partial charge >= 0.3 is 0 Å². The van der Waals surface area contributed by atoms with Crippen molar-refractivity contribution in [1.82, 2.24) is 24.4 Å². The van der Waals surface area contributed by atoms with Gasteiger partial charge < -0.3 is 14.5 Å². The van der Waals surface area contributed by atoms with Crippen molar-refractivity contribution in [3.05, 3.63) is 33.4 Å². The Morgan fingerprint density at radius 3 is 2.90 bits per heavy atom. The highest BCUT2D eigenvalue weighted by Gasteiger charge is 2.29. The molecule has 9 heteroatoms. The Balaban J connectivity index is 1.66. The van der Waals surface area contributed by atoms with Gasteiger partial charge in [-0.3, -0.25) is 19.5 Å². The Morgan fingerprint density at radius 1 is 1.31 bits per heavy atom. The van der Waals surface area contributed by atoms with Crippen LogP contribution in [0.25, 0.3) is 5.65 Å². The Hall–Kier alpha value is -2.68. The summed E-state index contributed by atoms with van der Waals surface area (Å²) in [5.74, 6) is 0.0200. The van der Waals surface area contributed by atoms with E-state index in [9.17, 15) is 14.4 Å². The van der Waals surface area contributed by atoms with Crippen LogP contribution in [0.15, 0.2) is 10.9 Å². The lowest BCUT2D eigenvalue weighted by Crippen LogP contribution is -2.40. The first kappa shape index (κ1) is 19.6. The van der Waals surface area contributed by atoms with Crippen molar-refractivity contribution in [2.45, 2.75) is 51.6 Å². The van der Waals surface area contributed by atoms with Crippen LogP contribution >= 0.6 is 0 Å². The number of carbonyl (C=O) groups is 2. The third-order valence-corrected chi connectivity index (χ3v) is 5.92. The number of aromatic amines is 1. The first-order valence-corrected chi connectivity index (χ1v) is 10.2. The van der Waals surface area contributed by atoms with Crippen molar-refractivity contribution in [3.8, 4) is 0 Å². The number of rotatable bonds is 4. The van der Waals surface area contributed by atoms with Gasteiger partial charge in [0.25, 0.3) is 5.56 Å². The van der Waals surface area contributed by atoms with E-state index in [1.165, 1.54) is 4.52 Å². The van der Waals surface area contributed by atoms with Gasteiger partial charge in [-0.15, -0.1) is 0 Å². The first-order valence-electron chi connectivity index (χ1n) is 10.2. The third kappa shape index (κ3) is 3.66. The average Bonchev–Trinajstić information content (AvgIpc) is 3.16. The standard InChI is InChI=1S/C20H27N5O4/c1-13(26)24-8-4-3-5-17(24)16-11-18-21-15-6-9-23(19(27)7-10-29-2)12-14(15)20(28)25(18)22-16/h11,17,22H,3-10,12H2,1-2H3/t17-/m0/s1. The fraction of sp³-hybridized carbons (Fsp3) is 0.600. The number of H-pyrrole nitrogens is 1. The molecule has 1 saturated heterocycles. The van der Waals surface area contributed by atoms with Gasteiger partial charge in [-0.05, 0) is 19.3 Å². The van der Waals surface area contributed by atoms with Crippen molar-refractivity contribution < 1.29 is 14.3 Å². The predicted octanol–water partition coefficient (Wildman–Crippen LogP) is 1.02. The van der Waals surface area contributed by atoms with E-state index in [2.05, 4.69) is 10.1 Å². The second-order valence-electron chi connectivity index (χ2n) is 7.78. The SMILES string of the molecule is COCCC(=O)N1CCc2nc3cc([C@@H]4CCCCN4C(C)=O)[nH]n3c(=O)c2C1. The number of hydrogen-bond acceptors (Lipinski definition) is 5. The summed E-state index contributed by atoms with van der Waals surface area (Å²) in [5.41, 5.74) is 2.53. The maximum Gasteiger partial charge on any atom is 0.277 e. The minimum absolute atomic E-state index is 0.0199. The van der Waals surface area contributed by atoms with Crippen LogP contribution in [0.3, 0.4) is 0 Å². The van der Waals surface area contributed by atoms with Crippen molar-refractivity contribution in [2.75, 3.05) is 26.8 Å². The van der Waals surface area contributed by atoms with E-state index >= 15 is 0 Å². The van der Waals surface area contributed by atoms with E-state index in [1.807, 2.05) is 11.0 Å².